The van der Waals surface area contributed by atoms with E-state index >= 15 is 0 Å². The summed E-state index contributed by atoms with van der Waals surface area (Å²) >= 11 is 5.82. The van der Waals surface area contributed by atoms with Crippen LogP contribution in [0.2, 0.25) is 0 Å². The van der Waals surface area contributed by atoms with E-state index in [9.17, 15) is 19.2 Å². The van der Waals surface area contributed by atoms with Gasteiger partial charge >= 0.3 is 11.9 Å². The van der Waals surface area contributed by atoms with Gasteiger partial charge < -0.3 is 20.0 Å². The van der Waals surface area contributed by atoms with E-state index in [1.165, 1.54) is 103 Å². The van der Waals surface area contributed by atoms with E-state index < -0.39 is 11.9 Å². The molecule has 0 heterocycles. The van der Waals surface area contributed by atoms with Gasteiger partial charge in [0.2, 0.25) is 11.8 Å². The molecule has 0 saturated heterocycles. The lowest BCUT2D eigenvalue weighted by atomic mass is 9.95. The highest BCUT2D eigenvalue weighted by atomic mass is 35.5. The third-order valence-electron chi connectivity index (χ3n) is 9.70. The third kappa shape index (κ3) is 40.1. The van der Waals surface area contributed by atoms with Crippen LogP contribution in [-0.4, -0.2) is 101 Å². The smallest absolute Gasteiger partial charge is 0.317 e. The molecule has 0 aromatic rings. The van der Waals surface area contributed by atoms with Crippen LogP contribution in [0, 0.1) is 11.8 Å². The average molecular weight is 813 g/mol. The number of unbranched alkanes of at least 4 members (excludes halogenated alkanes) is 12. The summed E-state index contributed by atoms with van der Waals surface area (Å²) in [7, 11) is 1.69. The Kier molecular flexibility index (Phi) is 48.3. The second-order valence-electron chi connectivity index (χ2n) is 14.9. The highest BCUT2D eigenvalue weighted by Crippen LogP contribution is 2.19. The van der Waals surface area contributed by atoms with Crippen LogP contribution in [0.5, 0.6) is 0 Å². The lowest BCUT2D eigenvalue weighted by Gasteiger charge is -2.30. The van der Waals surface area contributed by atoms with E-state index in [1.54, 1.807) is 11.9 Å². The van der Waals surface area contributed by atoms with Gasteiger partial charge in [-0.1, -0.05) is 151 Å². The van der Waals surface area contributed by atoms with E-state index in [0.717, 1.165) is 58.3 Å². The number of carboxylic acids is 2. The monoisotopic (exact) mass is 812 g/mol. The van der Waals surface area contributed by atoms with E-state index in [2.05, 4.69) is 41.5 Å². The van der Waals surface area contributed by atoms with Crippen molar-refractivity contribution in [3.05, 3.63) is 0 Å². The van der Waals surface area contributed by atoms with Gasteiger partial charge in [0.15, 0.2) is 0 Å². The fourth-order valence-electron chi connectivity index (χ4n) is 6.18. The van der Waals surface area contributed by atoms with Gasteiger partial charge in [0.1, 0.15) is 5.88 Å². The first-order chi connectivity index (χ1) is 25.4. The standard InChI is InChI=1S/C21H42N2O3.C18H36ClNO.C4H8O2.ClH/c1-4-6-8-10-12-14-16-23(17-15-13-11-9-7-5-2)20(24)18-22(3)19-21(25)26;1-5-9-11-16(7-3)14-20(18(21)13-19)15-17(8-4)12-10-6-2;1-2-3-4(5)6;/h4-19H2,1-3H3,(H,25,26);16-17H,5-15H2,1-4H3;2-3H2,1H3,(H,5,6);1H. The van der Waals surface area contributed by atoms with Gasteiger partial charge in [0, 0.05) is 32.6 Å². The zero-order valence-corrected chi connectivity index (χ0v) is 37.9. The maximum atomic E-state index is 12.6. The SMILES string of the molecule is CCCC(=O)O.CCCCC(CC)CN(CC(CC)CCCC)C(=O)CCl.CCCCCCCCN(CCCCCCCC)C(=O)CN(C)CC(=O)O.Cl. The number of hydrogen-bond donors (Lipinski definition) is 2. The number of carbonyl (C=O) groups is 4. The number of amides is 2. The van der Waals surface area contributed by atoms with Gasteiger partial charge in [-0.3, -0.25) is 24.1 Å². The van der Waals surface area contributed by atoms with E-state index in [1.807, 2.05) is 16.7 Å². The summed E-state index contributed by atoms with van der Waals surface area (Å²) in [5, 5.41) is 16.8. The normalized spacial score (nSPS) is 11.7. The number of carbonyl (C=O) groups excluding carboxylic acids is 2. The molecule has 0 saturated carbocycles. The minimum atomic E-state index is -0.890. The summed E-state index contributed by atoms with van der Waals surface area (Å²) < 4.78 is 0. The first-order valence-electron chi connectivity index (χ1n) is 21.6. The van der Waals surface area contributed by atoms with Gasteiger partial charge in [-0.2, -0.15) is 0 Å². The average Bonchev–Trinajstić information content (AvgIpc) is 3.12. The van der Waals surface area contributed by atoms with Crippen molar-refractivity contribution in [3.63, 3.8) is 0 Å². The van der Waals surface area contributed by atoms with Crippen molar-refractivity contribution < 1.29 is 29.4 Å². The molecule has 0 radical (unpaired) electrons. The minimum absolute atomic E-state index is 0. The molecule has 324 valence electrons. The first kappa shape index (κ1) is 59.1. The fourth-order valence-corrected chi connectivity index (χ4v) is 6.35. The molecule has 0 aliphatic carbocycles. The number of alkyl halides is 1. The summed E-state index contributed by atoms with van der Waals surface area (Å²) in [6.45, 7) is 18.7. The number of hydrogen-bond acceptors (Lipinski definition) is 5. The van der Waals surface area contributed by atoms with Gasteiger partial charge in [-0.05, 0) is 51.0 Å². The molecule has 2 unspecified atom stereocenters. The molecule has 0 aromatic carbocycles. The fraction of sp³-hybridized carbons (Fsp3) is 0.907. The van der Waals surface area contributed by atoms with Crippen molar-refractivity contribution in [3.8, 4) is 0 Å². The zero-order valence-electron chi connectivity index (χ0n) is 36.3. The second kappa shape index (κ2) is 44.1. The molecule has 0 bridgehead atoms. The van der Waals surface area contributed by atoms with Gasteiger partial charge in [0.25, 0.3) is 0 Å². The van der Waals surface area contributed by atoms with Gasteiger partial charge in [0.05, 0.1) is 13.1 Å². The van der Waals surface area contributed by atoms with Crippen molar-refractivity contribution in [1.82, 2.24) is 14.7 Å². The number of nitrogens with zero attached hydrogens (tertiary/aromatic N) is 3. The molecule has 0 fully saturated rings. The zero-order chi connectivity index (χ0) is 40.7. The summed E-state index contributed by atoms with van der Waals surface area (Å²) in [4.78, 5) is 50.7. The molecule has 11 heteroatoms. The van der Waals surface area contributed by atoms with Crippen molar-refractivity contribution in [2.24, 2.45) is 11.8 Å². The third-order valence-corrected chi connectivity index (χ3v) is 9.93. The molecular weight excluding hydrogens is 725 g/mol. The molecule has 0 aromatic heterocycles. The van der Waals surface area contributed by atoms with Gasteiger partial charge in [-0.25, -0.2) is 0 Å². The van der Waals surface area contributed by atoms with Gasteiger partial charge in [-0.15, -0.1) is 24.0 Å². The first-order valence-corrected chi connectivity index (χ1v) is 22.2. The summed E-state index contributed by atoms with van der Waals surface area (Å²) in [6.07, 6.45) is 25.3. The number of carboxylic acid groups (broad SMARTS) is 2. The summed E-state index contributed by atoms with van der Waals surface area (Å²) in [5.74, 6) is -0.0516. The molecule has 0 rings (SSSR count). The lowest BCUT2D eigenvalue weighted by Crippen LogP contribution is -2.41. The topological polar surface area (TPSA) is 118 Å². The van der Waals surface area contributed by atoms with Crippen LogP contribution in [0.1, 0.15) is 190 Å². The number of halogens is 2. The van der Waals surface area contributed by atoms with Crippen LogP contribution in [0.15, 0.2) is 0 Å². The van der Waals surface area contributed by atoms with Crippen LogP contribution in [0.4, 0.5) is 0 Å². The minimum Gasteiger partial charge on any atom is -0.481 e. The number of rotatable bonds is 33. The van der Waals surface area contributed by atoms with Crippen molar-refractivity contribution in [2.45, 2.75) is 190 Å². The lowest BCUT2D eigenvalue weighted by molar-refractivity contribution is -0.139. The maximum Gasteiger partial charge on any atom is 0.317 e. The highest BCUT2D eigenvalue weighted by molar-refractivity contribution is 6.27. The predicted molar refractivity (Wildman–Crippen MR) is 232 cm³/mol. The van der Waals surface area contributed by atoms with Crippen LogP contribution in [0.3, 0.4) is 0 Å². The Balaban J connectivity index is -0.000000401. The molecule has 2 N–H and O–H groups in total. The van der Waals surface area contributed by atoms with Crippen molar-refractivity contribution in [1.29, 1.82) is 0 Å². The largest absolute Gasteiger partial charge is 0.481 e. The Morgan fingerprint density at radius 1 is 0.519 bits per heavy atom. The van der Waals surface area contributed by atoms with E-state index in [4.69, 9.17) is 21.8 Å². The molecule has 0 spiro atoms. The van der Waals surface area contributed by atoms with Crippen molar-refractivity contribution in [2.75, 3.05) is 52.2 Å². The summed E-state index contributed by atoms with van der Waals surface area (Å²) in [5.41, 5.74) is 0. The molecule has 54 heavy (non-hydrogen) atoms. The van der Waals surface area contributed by atoms with Crippen LogP contribution in [0.25, 0.3) is 0 Å². The molecule has 9 nitrogen and oxygen atoms in total. The summed E-state index contributed by atoms with van der Waals surface area (Å²) in [6, 6.07) is 0. The molecule has 0 aliphatic heterocycles. The predicted octanol–water partition coefficient (Wildman–Crippen LogP) is 11.3. The molecule has 2 amide bonds. The molecular formula is C43H87Cl2N3O6. The second-order valence-corrected chi connectivity index (χ2v) is 15.2. The molecule has 2 atom stereocenters. The Hall–Kier alpha value is -1.58. The Morgan fingerprint density at radius 3 is 1.24 bits per heavy atom. The quantitative estimate of drug-likeness (QED) is 0.0500. The number of aliphatic carboxylic acids is 2. The van der Waals surface area contributed by atoms with Crippen LogP contribution >= 0.6 is 24.0 Å². The van der Waals surface area contributed by atoms with Crippen LogP contribution < -0.4 is 0 Å². The number of likely N-dealkylation sites (N-methyl/N-ethyl adjacent to an activating group) is 1. The Labute approximate surface area is 344 Å². The van der Waals surface area contributed by atoms with Crippen LogP contribution in [-0.2, 0) is 19.2 Å². The Morgan fingerprint density at radius 2 is 0.926 bits per heavy atom. The maximum absolute atomic E-state index is 12.6. The highest BCUT2D eigenvalue weighted by Gasteiger charge is 2.21. The Bertz CT molecular complexity index is 833. The van der Waals surface area contributed by atoms with E-state index in [0.29, 0.717) is 18.3 Å². The van der Waals surface area contributed by atoms with Crippen molar-refractivity contribution >= 4 is 47.8 Å². The van der Waals surface area contributed by atoms with E-state index in [-0.39, 0.29) is 43.2 Å². The molecule has 0 aliphatic rings.